The quantitative estimate of drug-likeness (QED) is 0.521. The van der Waals surface area contributed by atoms with E-state index in [1.807, 2.05) is 6.92 Å². The van der Waals surface area contributed by atoms with Crippen molar-refractivity contribution in [3.05, 3.63) is 65.4 Å². The van der Waals surface area contributed by atoms with Crippen LogP contribution in [0, 0.1) is 6.92 Å². The molecule has 1 saturated carbocycles. The summed E-state index contributed by atoms with van der Waals surface area (Å²) in [6.07, 6.45) is 2.70. The van der Waals surface area contributed by atoms with Crippen LogP contribution in [0.15, 0.2) is 53.1 Å². The molecule has 1 aromatic heterocycles. The zero-order valence-corrected chi connectivity index (χ0v) is 14.6. The molecule has 0 saturated heterocycles. The molecule has 1 heterocycles. The fourth-order valence-electron chi connectivity index (χ4n) is 2.95. The van der Waals surface area contributed by atoms with Gasteiger partial charge in [0, 0.05) is 16.5 Å². The van der Waals surface area contributed by atoms with Crippen molar-refractivity contribution in [2.24, 2.45) is 0 Å². The predicted octanol–water partition coefficient (Wildman–Crippen LogP) is 6.09. The second-order valence-electron chi connectivity index (χ2n) is 6.18. The highest BCUT2D eigenvalue weighted by Gasteiger charge is 2.23. The first kappa shape index (κ1) is 14.7. The number of nitrogens with zero attached hydrogens (tertiary/aromatic N) is 1. The maximum Gasteiger partial charge on any atom is 0.171 e. The highest BCUT2D eigenvalue weighted by atomic mass is 79.9. The molecule has 0 N–H and O–H groups in total. The van der Waals surface area contributed by atoms with Gasteiger partial charge in [-0.2, -0.15) is 0 Å². The van der Waals surface area contributed by atoms with Crippen LogP contribution < -0.4 is 0 Å². The Morgan fingerprint density at radius 2 is 1.52 bits per heavy atom. The first-order valence-corrected chi connectivity index (χ1v) is 9.10. The first-order chi connectivity index (χ1) is 11.3. The summed E-state index contributed by atoms with van der Waals surface area (Å²) in [5.41, 5.74) is 7.09. The molecule has 3 aromatic rings. The monoisotopic (exact) mass is 367 g/mol. The normalized spacial score (nSPS) is 14.2. The van der Waals surface area contributed by atoms with Gasteiger partial charge >= 0.3 is 0 Å². The minimum absolute atomic E-state index is 0.752. The van der Waals surface area contributed by atoms with E-state index in [0.29, 0.717) is 0 Å². The molecule has 0 unspecified atom stereocenters. The number of hydrogen-bond acceptors (Lipinski definition) is 2. The Bertz CT molecular complexity index is 814. The minimum Gasteiger partial charge on any atom is -0.356 e. The summed E-state index contributed by atoms with van der Waals surface area (Å²) < 4.78 is 5.49. The molecule has 3 heteroatoms. The van der Waals surface area contributed by atoms with Crippen LogP contribution in [0.5, 0.6) is 0 Å². The molecule has 0 radical (unpaired) electrons. The maximum absolute atomic E-state index is 5.49. The number of alkyl halides is 1. The minimum atomic E-state index is 0.752. The molecule has 0 amide bonds. The summed E-state index contributed by atoms with van der Waals surface area (Å²) >= 11 is 3.51. The van der Waals surface area contributed by atoms with Gasteiger partial charge in [0.15, 0.2) is 5.76 Å². The molecular formula is C20H18BrNO. The van der Waals surface area contributed by atoms with Crippen LogP contribution in [0.25, 0.3) is 22.5 Å². The fraction of sp³-hybridized carbons (Fsp3) is 0.250. The summed E-state index contributed by atoms with van der Waals surface area (Å²) in [4.78, 5) is 0. The second kappa shape index (κ2) is 5.97. The highest BCUT2D eigenvalue weighted by molar-refractivity contribution is 9.08. The third kappa shape index (κ3) is 2.86. The number of aryl methyl sites for hydroxylation is 1. The van der Waals surface area contributed by atoms with Crippen LogP contribution in [-0.4, -0.2) is 5.16 Å². The van der Waals surface area contributed by atoms with Gasteiger partial charge in [0.25, 0.3) is 0 Å². The van der Waals surface area contributed by atoms with Crippen molar-refractivity contribution in [3.63, 3.8) is 0 Å². The van der Waals surface area contributed by atoms with E-state index < -0.39 is 0 Å². The van der Waals surface area contributed by atoms with Gasteiger partial charge in [0.2, 0.25) is 0 Å². The lowest BCUT2D eigenvalue weighted by Crippen LogP contribution is -1.85. The smallest absolute Gasteiger partial charge is 0.171 e. The summed E-state index contributed by atoms with van der Waals surface area (Å²) in [5.74, 6) is 1.67. The van der Waals surface area contributed by atoms with E-state index >= 15 is 0 Å². The topological polar surface area (TPSA) is 26.0 Å². The van der Waals surface area contributed by atoms with Crippen LogP contribution >= 0.6 is 15.9 Å². The number of aromatic nitrogens is 1. The molecule has 0 bridgehead atoms. The lowest BCUT2D eigenvalue weighted by atomic mass is 10.00. The van der Waals surface area contributed by atoms with E-state index in [2.05, 4.69) is 69.6 Å². The standard InChI is InChI=1S/C20H18BrNO/c1-13-19(12-21)20(23-22-13)18-10-8-17(9-11-18)16-6-4-15(5-7-16)14-2-3-14/h4-11,14H,2-3,12H2,1H3. The molecule has 23 heavy (non-hydrogen) atoms. The Labute approximate surface area is 144 Å². The van der Waals surface area contributed by atoms with Crippen molar-refractivity contribution in [2.75, 3.05) is 0 Å². The predicted molar refractivity (Wildman–Crippen MR) is 96.7 cm³/mol. The molecule has 116 valence electrons. The molecule has 1 aliphatic rings. The fourth-order valence-corrected chi connectivity index (χ4v) is 3.61. The largest absolute Gasteiger partial charge is 0.356 e. The molecule has 2 nitrogen and oxygen atoms in total. The van der Waals surface area contributed by atoms with E-state index in [4.69, 9.17) is 4.52 Å². The van der Waals surface area contributed by atoms with Crippen molar-refractivity contribution >= 4 is 15.9 Å². The number of hydrogen-bond donors (Lipinski definition) is 0. The Balaban J connectivity index is 1.62. The van der Waals surface area contributed by atoms with Crippen LogP contribution in [-0.2, 0) is 5.33 Å². The van der Waals surface area contributed by atoms with E-state index in [1.54, 1.807) is 0 Å². The zero-order valence-electron chi connectivity index (χ0n) is 13.1. The van der Waals surface area contributed by atoms with E-state index in [-0.39, 0.29) is 0 Å². The molecular weight excluding hydrogens is 350 g/mol. The summed E-state index contributed by atoms with van der Waals surface area (Å²) in [6.45, 7) is 1.97. The molecule has 0 spiro atoms. The van der Waals surface area contributed by atoms with E-state index in [1.165, 1.54) is 29.5 Å². The maximum atomic E-state index is 5.49. The van der Waals surface area contributed by atoms with Crippen LogP contribution in [0.3, 0.4) is 0 Å². The molecule has 4 rings (SSSR count). The average Bonchev–Trinajstić information content (AvgIpc) is 3.38. The van der Waals surface area contributed by atoms with Gasteiger partial charge in [0.05, 0.1) is 5.69 Å². The Hall–Kier alpha value is -1.87. The van der Waals surface area contributed by atoms with Crippen molar-refractivity contribution in [1.29, 1.82) is 0 Å². The molecule has 1 fully saturated rings. The lowest BCUT2D eigenvalue weighted by molar-refractivity contribution is 0.427. The molecule has 1 aliphatic carbocycles. The van der Waals surface area contributed by atoms with Gasteiger partial charge in [-0.05, 0) is 42.4 Å². The van der Waals surface area contributed by atoms with Gasteiger partial charge in [0.1, 0.15) is 0 Å². The Morgan fingerprint density at radius 3 is 2.09 bits per heavy atom. The second-order valence-corrected chi connectivity index (χ2v) is 6.74. The molecule has 0 atom stereocenters. The van der Waals surface area contributed by atoms with Crippen molar-refractivity contribution in [3.8, 4) is 22.5 Å². The van der Waals surface area contributed by atoms with Crippen molar-refractivity contribution in [2.45, 2.75) is 31.0 Å². The van der Waals surface area contributed by atoms with E-state index in [9.17, 15) is 0 Å². The van der Waals surface area contributed by atoms with Gasteiger partial charge in [-0.1, -0.05) is 69.6 Å². The zero-order chi connectivity index (χ0) is 15.8. The summed E-state index contributed by atoms with van der Waals surface area (Å²) in [5, 5.41) is 4.82. The van der Waals surface area contributed by atoms with Crippen LogP contribution in [0.4, 0.5) is 0 Å². The third-order valence-electron chi connectivity index (χ3n) is 4.56. The molecule has 0 aliphatic heterocycles. The number of halogens is 1. The Kier molecular flexibility index (Phi) is 3.82. The van der Waals surface area contributed by atoms with Gasteiger partial charge in [-0.25, -0.2) is 0 Å². The summed E-state index contributed by atoms with van der Waals surface area (Å²) in [6, 6.07) is 17.5. The van der Waals surface area contributed by atoms with Gasteiger partial charge < -0.3 is 4.52 Å². The van der Waals surface area contributed by atoms with Crippen LogP contribution in [0.2, 0.25) is 0 Å². The van der Waals surface area contributed by atoms with E-state index in [0.717, 1.165) is 33.8 Å². The first-order valence-electron chi connectivity index (χ1n) is 7.98. The highest BCUT2D eigenvalue weighted by Crippen LogP contribution is 2.40. The SMILES string of the molecule is Cc1noc(-c2ccc(-c3ccc(C4CC4)cc3)cc2)c1CBr. The van der Waals surface area contributed by atoms with Gasteiger partial charge in [-0.3, -0.25) is 0 Å². The summed E-state index contributed by atoms with van der Waals surface area (Å²) in [7, 11) is 0. The Morgan fingerprint density at radius 1 is 0.957 bits per heavy atom. The van der Waals surface area contributed by atoms with Crippen molar-refractivity contribution < 1.29 is 4.52 Å². The van der Waals surface area contributed by atoms with Crippen LogP contribution in [0.1, 0.15) is 35.6 Å². The number of benzene rings is 2. The lowest BCUT2D eigenvalue weighted by Gasteiger charge is -2.05. The van der Waals surface area contributed by atoms with Crippen molar-refractivity contribution in [1.82, 2.24) is 5.16 Å². The van der Waals surface area contributed by atoms with Gasteiger partial charge in [-0.15, -0.1) is 0 Å². The third-order valence-corrected chi connectivity index (χ3v) is 5.12. The molecule has 2 aromatic carbocycles. The number of rotatable bonds is 4. The average molecular weight is 368 g/mol.